The van der Waals surface area contributed by atoms with Gasteiger partial charge in [-0.25, -0.2) is 8.42 Å². The van der Waals surface area contributed by atoms with Crippen molar-refractivity contribution in [3.63, 3.8) is 0 Å². The van der Waals surface area contributed by atoms with Gasteiger partial charge in [-0.1, -0.05) is 6.07 Å². The number of ether oxygens (including phenoxy) is 1. The van der Waals surface area contributed by atoms with Crippen LogP contribution < -0.4 is 20.1 Å². The Morgan fingerprint density at radius 1 is 1.07 bits per heavy atom. The second kappa shape index (κ2) is 9.03. The van der Waals surface area contributed by atoms with Gasteiger partial charge in [0.05, 0.1) is 23.3 Å². The van der Waals surface area contributed by atoms with Gasteiger partial charge in [-0.3, -0.25) is 14.3 Å². The Bertz CT molecular complexity index is 1060. The smallest absolute Gasteiger partial charge is 0.405 e. The lowest BCUT2D eigenvalue weighted by Crippen LogP contribution is -2.33. The van der Waals surface area contributed by atoms with E-state index in [0.29, 0.717) is 5.75 Å². The highest BCUT2D eigenvalue weighted by atomic mass is 32.2. The van der Waals surface area contributed by atoms with E-state index in [2.05, 4.69) is 10.0 Å². The minimum absolute atomic E-state index is 0.0144. The van der Waals surface area contributed by atoms with E-state index in [1.807, 2.05) is 0 Å². The lowest BCUT2D eigenvalue weighted by atomic mass is 10.1. The standard InChI is InChI=1S/C18H18F3N3O5S/c1-22-17(26)14-9-12(29-2)6-7-15(14)24-30(27,28)13-5-3-4-11(8-13)16(25)23-10-18(19,20)21/h3-9,24H,10H2,1-2H3,(H,22,26)(H,23,25). The highest BCUT2D eigenvalue weighted by molar-refractivity contribution is 7.92. The van der Waals surface area contributed by atoms with E-state index in [0.717, 1.165) is 12.1 Å². The van der Waals surface area contributed by atoms with Gasteiger partial charge in [0.25, 0.3) is 21.8 Å². The molecular formula is C18H18F3N3O5S. The van der Waals surface area contributed by atoms with E-state index in [1.54, 1.807) is 5.32 Å². The predicted octanol–water partition coefficient (Wildman–Crippen LogP) is 2.15. The fourth-order valence-corrected chi connectivity index (χ4v) is 3.48. The summed E-state index contributed by atoms with van der Waals surface area (Å²) in [7, 11) is -1.53. The maximum absolute atomic E-state index is 12.7. The lowest BCUT2D eigenvalue weighted by molar-refractivity contribution is -0.123. The third-order valence-electron chi connectivity index (χ3n) is 3.80. The second-order valence-electron chi connectivity index (χ2n) is 5.92. The van der Waals surface area contributed by atoms with Gasteiger partial charge in [-0.05, 0) is 36.4 Å². The topological polar surface area (TPSA) is 114 Å². The molecule has 2 rings (SSSR count). The molecule has 0 aliphatic heterocycles. The molecule has 0 saturated heterocycles. The van der Waals surface area contributed by atoms with Crippen molar-refractivity contribution in [2.75, 3.05) is 25.4 Å². The van der Waals surface area contributed by atoms with Gasteiger partial charge in [-0.15, -0.1) is 0 Å². The number of methoxy groups -OCH3 is 1. The van der Waals surface area contributed by atoms with Gasteiger partial charge in [0.2, 0.25) is 0 Å². The normalized spacial score (nSPS) is 11.5. The molecule has 30 heavy (non-hydrogen) atoms. The van der Waals surface area contributed by atoms with Crippen molar-refractivity contribution in [3.05, 3.63) is 53.6 Å². The van der Waals surface area contributed by atoms with Crippen molar-refractivity contribution in [2.45, 2.75) is 11.1 Å². The van der Waals surface area contributed by atoms with E-state index >= 15 is 0 Å². The summed E-state index contributed by atoms with van der Waals surface area (Å²) in [6, 6.07) is 8.56. The SMILES string of the molecule is CNC(=O)c1cc(OC)ccc1NS(=O)(=O)c1cccc(C(=O)NCC(F)(F)F)c1. The number of benzene rings is 2. The van der Waals surface area contributed by atoms with Gasteiger partial charge in [0, 0.05) is 12.6 Å². The fourth-order valence-electron chi connectivity index (χ4n) is 2.35. The molecule has 0 aromatic heterocycles. The van der Waals surface area contributed by atoms with Crippen LogP contribution in [0.15, 0.2) is 47.4 Å². The van der Waals surface area contributed by atoms with Gasteiger partial charge in [0.1, 0.15) is 12.3 Å². The molecule has 0 fully saturated rings. The van der Waals surface area contributed by atoms with E-state index in [4.69, 9.17) is 4.74 Å². The molecule has 2 aromatic carbocycles. The zero-order valence-electron chi connectivity index (χ0n) is 15.8. The molecule has 0 unspecified atom stereocenters. The fraction of sp³-hybridized carbons (Fsp3) is 0.222. The molecule has 0 saturated carbocycles. The van der Waals surface area contributed by atoms with Crippen molar-refractivity contribution >= 4 is 27.5 Å². The lowest BCUT2D eigenvalue weighted by Gasteiger charge is -2.14. The number of anilines is 1. The first-order valence-electron chi connectivity index (χ1n) is 8.35. The molecule has 0 spiro atoms. The highest BCUT2D eigenvalue weighted by Gasteiger charge is 2.28. The van der Waals surface area contributed by atoms with Crippen LogP contribution in [0.5, 0.6) is 5.75 Å². The van der Waals surface area contributed by atoms with Gasteiger partial charge >= 0.3 is 6.18 Å². The maximum Gasteiger partial charge on any atom is 0.405 e. The molecule has 0 atom stereocenters. The van der Waals surface area contributed by atoms with Crippen LogP contribution in [-0.4, -0.2) is 47.1 Å². The minimum atomic E-state index is -4.61. The second-order valence-corrected chi connectivity index (χ2v) is 7.60. The zero-order chi connectivity index (χ0) is 22.5. The first-order chi connectivity index (χ1) is 14.0. The number of nitrogens with one attached hydrogen (secondary N) is 3. The molecule has 12 heteroatoms. The summed E-state index contributed by atoms with van der Waals surface area (Å²) in [5.74, 6) is -1.34. The van der Waals surface area contributed by atoms with E-state index in [9.17, 15) is 31.2 Å². The Hall–Kier alpha value is -3.28. The number of sulfonamides is 1. The van der Waals surface area contributed by atoms with E-state index < -0.39 is 34.6 Å². The summed E-state index contributed by atoms with van der Waals surface area (Å²) in [5, 5.41) is 4.04. The number of carbonyl (C=O) groups excluding carboxylic acids is 2. The molecule has 0 heterocycles. The number of alkyl halides is 3. The van der Waals surface area contributed by atoms with Gasteiger partial charge in [-0.2, -0.15) is 13.2 Å². The van der Waals surface area contributed by atoms with Crippen molar-refractivity contribution < 1.29 is 35.9 Å². The minimum Gasteiger partial charge on any atom is -0.497 e. The van der Waals surface area contributed by atoms with Crippen LogP contribution >= 0.6 is 0 Å². The average Bonchev–Trinajstić information content (AvgIpc) is 2.71. The number of hydrogen-bond donors (Lipinski definition) is 3. The Kier molecular flexibility index (Phi) is 6.92. The quantitative estimate of drug-likeness (QED) is 0.605. The molecule has 2 amide bonds. The Morgan fingerprint density at radius 3 is 2.37 bits per heavy atom. The summed E-state index contributed by atoms with van der Waals surface area (Å²) in [6.07, 6.45) is -4.61. The van der Waals surface area contributed by atoms with Crippen molar-refractivity contribution in [3.8, 4) is 5.75 Å². The van der Waals surface area contributed by atoms with Crippen molar-refractivity contribution in [1.82, 2.24) is 10.6 Å². The summed E-state index contributed by atoms with van der Waals surface area (Å²) in [6.45, 7) is -1.55. The summed E-state index contributed by atoms with van der Waals surface area (Å²) < 4.78 is 69.5. The Morgan fingerprint density at radius 2 is 1.77 bits per heavy atom. The molecule has 162 valence electrons. The molecule has 0 radical (unpaired) electrons. The molecule has 0 aliphatic rings. The van der Waals surface area contributed by atoms with E-state index in [-0.39, 0.29) is 21.7 Å². The van der Waals surface area contributed by atoms with E-state index in [1.165, 1.54) is 44.5 Å². The number of amides is 2. The molecule has 0 bridgehead atoms. The monoisotopic (exact) mass is 445 g/mol. The Labute approximate surface area is 170 Å². The number of rotatable bonds is 7. The molecular weight excluding hydrogens is 427 g/mol. The van der Waals surface area contributed by atoms with Crippen molar-refractivity contribution in [1.29, 1.82) is 0 Å². The number of halogens is 3. The van der Waals surface area contributed by atoms with Crippen molar-refractivity contribution in [2.24, 2.45) is 0 Å². The Balaban J connectivity index is 2.33. The van der Waals surface area contributed by atoms with Crippen LogP contribution in [0.25, 0.3) is 0 Å². The first kappa shape index (κ1) is 23.0. The molecule has 8 nitrogen and oxygen atoms in total. The third kappa shape index (κ3) is 5.86. The third-order valence-corrected chi connectivity index (χ3v) is 5.16. The number of hydrogen-bond acceptors (Lipinski definition) is 5. The van der Waals surface area contributed by atoms with Crippen LogP contribution in [0.1, 0.15) is 20.7 Å². The molecule has 3 N–H and O–H groups in total. The highest BCUT2D eigenvalue weighted by Crippen LogP contribution is 2.25. The summed E-state index contributed by atoms with van der Waals surface area (Å²) in [4.78, 5) is 23.6. The molecule has 0 aliphatic carbocycles. The van der Waals surface area contributed by atoms with Crippen LogP contribution in [0.4, 0.5) is 18.9 Å². The first-order valence-corrected chi connectivity index (χ1v) is 9.83. The summed E-state index contributed by atoms with van der Waals surface area (Å²) in [5.41, 5.74) is -0.343. The van der Waals surface area contributed by atoms with Gasteiger partial charge in [0.15, 0.2) is 0 Å². The van der Waals surface area contributed by atoms with Gasteiger partial charge < -0.3 is 15.4 Å². The molecule has 2 aromatic rings. The predicted molar refractivity (Wildman–Crippen MR) is 102 cm³/mol. The summed E-state index contributed by atoms with van der Waals surface area (Å²) >= 11 is 0. The van der Waals surface area contributed by atoms with Crippen LogP contribution in [-0.2, 0) is 10.0 Å². The number of carbonyl (C=O) groups is 2. The zero-order valence-corrected chi connectivity index (χ0v) is 16.6. The average molecular weight is 445 g/mol. The largest absolute Gasteiger partial charge is 0.497 e. The van der Waals surface area contributed by atoms with Crippen LogP contribution in [0, 0.1) is 0 Å². The van der Waals surface area contributed by atoms with Crippen LogP contribution in [0.3, 0.4) is 0 Å². The van der Waals surface area contributed by atoms with Crippen LogP contribution in [0.2, 0.25) is 0 Å². The maximum atomic E-state index is 12.7.